The number of hydrogen-bond acceptors (Lipinski definition) is 2. The average molecular weight is 364 g/mol. The van der Waals surface area contributed by atoms with Crippen molar-refractivity contribution in [1.82, 2.24) is 5.32 Å². The summed E-state index contributed by atoms with van der Waals surface area (Å²) >= 11 is 0. The molecule has 4 heteroatoms. The van der Waals surface area contributed by atoms with Gasteiger partial charge in [0.05, 0.1) is 5.41 Å². The van der Waals surface area contributed by atoms with Crippen molar-refractivity contribution in [3.8, 4) is 0 Å². The summed E-state index contributed by atoms with van der Waals surface area (Å²) in [4.78, 5) is 27.4. The molecule has 27 heavy (non-hydrogen) atoms. The average Bonchev–Trinajstić information content (AvgIpc) is 2.90. The number of benzene rings is 2. The number of likely N-dealkylation sites (N-methyl/N-ethyl adjacent to an activating group) is 1. The van der Waals surface area contributed by atoms with E-state index in [1.165, 1.54) is 0 Å². The maximum absolute atomic E-state index is 13.4. The molecule has 142 valence electrons. The van der Waals surface area contributed by atoms with Gasteiger partial charge in [-0.25, -0.2) is 0 Å². The van der Waals surface area contributed by atoms with E-state index in [9.17, 15) is 9.59 Å². The molecule has 2 aromatic carbocycles. The van der Waals surface area contributed by atoms with Crippen molar-refractivity contribution in [3.05, 3.63) is 65.7 Å². The van der Waals surface area contributed by atoms with Crippen LogP contribution in [0.1, 0.15) is 43.7 Å². The van der Waals surface area contributed by atoms with Crippen LogP contribution in [0.2, 0.25) is 0 Å². The Morgan fingerprint density at radius 1 is 1.07 bits per heavy atom. The van der Waals surface area contributed by atoms with Gasteiger partial charge in [0.2, 0.25) is 11.8 Å². The largest absolute Gasteiger partial charge is 0.356 e. The van der Waals surface area contributed by atoms with Crippen molar-refractivity contribution in [2.75, 3.05) is 18.5 Å². The molecule has 1 aliphatic rings. The van der Waals surface area contributed by atoms with Crippen LogP contribution < -0.4 is 10.2 Å². The van der Waals surface area contributed by atoms with Gasteiger partial charge in [-0.05, 0) is 36.5 Å². The first-order valence-electron chi connectivity index (χ1n) is 9.77. The lowest BCUT2D eigenvalue weighted by atomic mass is 9.73. The maximum Gasteiger partial charge on any atom is 0.237 e. The third-order valence-corrected chi connectivity index (χ3v) is 5.48. The van der Waals surface area contributed by atoms with Crippen LogP contribution >= 0.6 is 0 Å². The molecular weight excluding hydrogens is 336 g/mol. The molecule has 2 aromatic rings. The van der Waals surface area contributed by atoms with Crippen molar-refractivity contribution in [2.24, 2.45) is 0 Å². The van der Waals surface area contributed by atoms with Gasteiger partial charge in [-0.15, -0.1) is 0 Å². The molecule has 2 amide bonds. The van der Waals surface area contributed by atoms with E-state index in [1.54, 1.807) is 4.90 Å². The Kier molecular flexibility index (Phi) is 5.94. The molecule has 1 aliphatic heterocycles. The highest BCUT2D eigenvalue weighted by molar-refractivity contribution is 6.08. The van der Waals surface area contributed by atoms with Gasteiger partial charge < -0.3 is 10.2 Å². The number of unbranched alkanes of at least 4 members (excludes halogenated alkanes) is 1. The zero-order valence-electron chi connectivity index (χ0n) is 16.2. The van der Waals surface area contributed by atoms with E-state index in [0.717, 1.165) is 29.7 Å². The summed E-state index contributed by atoms with van der Waals surface area (Å²) in [6.45, 7) is 2.80. The van der Waals surface area contributed by atoms with Gasteiger partial charge in [0.15, 0.2) is 0 Å². The fraction of sp³-hybridized carbons (Fsp3) is 0.391. The molecule has 0 radical (unpaired) electrons. The highest BCUT2D eigenvalue weighted by Crippen LogP contribution is 2.46. The molecule has 3 rings (SSSR count). The quantitative estimate of drug-likeness (QED) is 0.724. The molecule has 0 spiro atoms. The van der Waals surface area contributed by atoms with Gasteiger partial charge in [-0.3, -0.25) is 9.59 Å². The predicted octanol–water partition coefficient (Wildman–Crippen LogP) is 3.84. The first kappa shape index (κ1) is 19.2. The molecular formula is C23H28N2O2. The van der Waals surface area contributed by atoms with E-state index in [2.05, 4.69) is 24.4 Å². The summed E-state index contributed by atoms with van der Waals surface area (Å²) in [7, 11) is 1.83. The Labute approximate surface area is 161 Å². The number of fused-ring (bicyclic) bond motifs is 1. The lowest BCUT2D eigenvalue weighted by molar-refractivity contribution is -0.124. The van der Waals surface area contributed by atoms with Crippen LogP contribution in [-0.2, 0) is 21.4 Å². The fourth-order valence-electron chi connectivity index (χ4n) is 3.98. The monoisotopic (exact) mass is 364 g/mol. The summed E-state index contributed by atoms with van der Waals surface area (Å²) < 4.78 is 0. The molecule has 0 fully saturated rings. The summed E-state index contributed by atoms with van der Waals surface area (Å²) in [5.74, 6) is 0.102. The van der Waals surface area contributed by atoms with E-state index < -0.39 is 5.41 Å². The minimum Gasteiger partial charge on any atom is -0.356 e. The molecule has 4 nitrogen and oxygen atoms in total. The maximum atomic E-state index is 13.4. The Hall–Kier alpha value is -2.62. The standard InChI is InChI=1S/C23H28N2O2/c1-3-4-16-24-21(26)14-15-23(17-18-10-6-5-7-11-18)19-12-8-9-13-20(19)25(2)22(23)27/h5-13H,3-4,14-17H2,1-2H3,(H,24,26). The van der Waals surface area contributed by atoms with Crippen LogP contribution in [0, 0.1) is 0 Å². The zero-order valence-corrected chi connectivity index (χ0v) is 16.2. The van der Waals surface area contributed by atoms with Crippen LogP contribution in [-0.4, -0.2) is 25.4 Å². The molecule has 0 bridgehead atoms. The van der Waals surface area contributed by atoms with Crippen LogP contribution in [0.25, 0.3) is 0 Å². The fourth-order valence-corrected chi connectivity index (χ4v) is 3.98. The van der Waals surface area contributed by atoms with E-state index in [-0.39, 0.29) is 11.8 Å². The predicted molar refractivity (Wildman–Crippen MR) is 109 cm³/mol. The third-order valence-electron chi connectivity index (χ3n) is 5.48. The second-order valence-electron chi connectivity index (χ2n) is 7.33. The topological polar surface area (TPSA) is 49.4 Å². The molecule has 0 aromatic heterocycles. The number of hydrogen-bond donors (Lipinski definition) is 1. The van der Waals surface area contributed by atoms with Gasteiger partial charge >= 0.3 is 0 Å². The number of carbonyl (C=O) groups is 2. The summed E-state index contributed by atoms with van der Waals surface area (Å²) in [5, 5.41) is 2.97. The highest BCUT2D eigenvalue weighted by atomic mass is 16.2. The van der Waals surface area contributed by atoms with Crippen molar-refractivity contribution in [2.45, 2.75) is 44.4 Å². The molecule has 0 saturated carbocycles. The second-order valence-corrected chi connectivity index (χ2v) is 7.33. The smallest absolute Gasteiger partial charge is 0.237 e. The first-order chi connectivity index (χ1) is 13.1. The van der Waals surface area contributed by atoms with E-state index in [1.807, 2.05) is 49.5 Å². The number of nitrogens with zero attached hydrogens (tertiary/aromatic N) is 1. The molecule has 0 saturated heterocycles. The van der Waals surface area contributed by atoms with Gasteiger partial charge in [-0.2, -0.15) is 0 Å². The number of para-hydroxylation sites is 1. The van der Waals surface area contributed by atoms with Crippen LogP contribution in [0.3, 0.4) is 0 Å². The van der Waals surface area contributed by atoms with Crippen molar-refractivity contribution in [3.63, 3.8) is 0 Å². The number of anilines is 1. The third kappa shape index (κ3) is 3.90. The minimum absolute atomic E-state index is 0.0238. The molecule has 1 N–H and O–H groups in total. The number of rotatable bonds is 8. The molecule has 1 unspecified atom stereocenters. The lowest BCUT2D eigenvalue weighted by Gasteiger charge is -2.28. The van der Waals surface area contributed by atoms with Crippen molar-refractivity contribution < 1.29 is 9.59 Å². The Morgan fingerprint density at radius 2 is 1.78 bits per heavy atom. The van der Waals surface area contributed by atoms with E-state index in [0.29, 0.717) is 25.8 Å². The van der Waals surface area contributed by atoms with Gasteiger partial charge in [-0.1, -0.05) is 61.9 Å². The number of carbonyl (C=O) groups excluding carboxylic acids is 2. The van der Waals surface area contributed by atoms with Gasteiger partial charge in [0.1, 0.15) is 0 Å². The van der Waals surface area contributed by atoms with Crippen LogP contribution in [0.5, 0.6) is 0 Å². The van der Waals surface area contributed by atoms with E-state index >= 15 is 0 Å². The number of nitrogens with one attached hydrogen (secondary N) is 1. The first-order valence-corrected chi connectivity index (χ1v) is 9.77. The highest BCUT2D eigenvalue weighted by Gasteiger charge is 2.49. The molecule has 1 atom stereocenters. The lowest BCUT2D eigenvalue weighted by Crippen LogP contribution is -2.41. The van der Waals surface area contributed by atoms with Gasteiger partial charge in [0, 0.05) is 25.7 Å². The summed E-state index contributed by atoms with van der Waals surface area (Å²) in [6, 6.07) is 18.0. The van der Waals surface area contributed by atoms with Crippen molar-refractivity contribution >= 4 is 17.5 Å². The minimum atomic E-state index is -0.686. The van der Waals surface area contributed by atoms with Crippen LogP contribution in [0.15, 0.2) is 54.6 Å². The van der Waals surface area contributed by atoms with Crippen molar-refractivity contribution in [1.29, 1.82) is 0 Å². The molecule has 1 heterocycles. The van der Waals surface area contributed by atoms with Gasteiger partial charge in [0.25, 0.3) is 0 Å². The Bertz CT molecular complexity index is 803. The zero-order chi connectivity index (χ0) is 19.3. The Balaban J connectivity index is 1.89. The number of amides is 2. The van der Waals surface area contributed by atoms with Crippen LogP contribution in [0.4, 0.5) is 5.69 Å². The SMILES string of the molecule is CCCCNC(=O)CCC1(Cc2ccccc2)C(=O)N(C)c2ccccc21. The molecule has 0 aliphatic carbocycles. The summed E-state index contributed by atoms with van der Waals surface area (Å²) in [6.07, 6.45) is 3.50. The second kappa shape index (κ2) is 8.38. The summed E-state index contributed by atoms with van der Waals surface area (Å²) in [5.41, 5.74) is 2.41. The Morgan fingerprint density at radius 3 is 2.52 bits per heavy atom. The van der Waals surface area contributed by atoms with E-state index in [4.69, 9.17) is 0 Å². The normalized spacial score (nSPS) is 18.4.